The molecule has 18 heavy (non-hydrogen) atoms. The van der Waals surface area contributed by atoms with Gasteiger partial charge in [0.1, 0.15) is 0 Å². The van der Waals surface area contributed by atoms with E-state index in [0.717, 1.165) is 18.4 Å². The van der Waals surface area contributed by atoms with E-state index in [1.54, 1.807) is 0 Å². The lowest BCUT2D eigenvalue weighted by atomic mass is 9.81. The van der Waals surface area contributed by atoms with Gasteiger partial charge in [-0.25, -0.2) is 0 Å². The molecule has 2 heteroatoms. The molecule has 2 rings (SSSR count). The van der Waals surface area contributed by atoms with E-state index in [1.165, 1.54) is 11.1 Å². The second-order valence-electron chi connectivity index (χ2n) is 4.86. The summed E-state index contributed by atoms with van der Waals surface area (Å²) in [5, 5.41) is 0. The molecule has 0 spiro atoms. The maximum Gasteiger partial charge on any atom is 0.0465 e. The molecule has 0 aliphatic rings. The fourth-order valence-electron chi connectivity index (χ4n) is 2.36. The van der Waals surface area contributed by atoms with Gasteiger partial charge in [0.05, 0.1) is 0 Å². The van der Waals surface area contributed by atoms with E-state index < -0.39 is 0 Å². The first-order valence-corrected chi connectivity index (χ1v) is 6.39. The second-order valence-corrected chi connectivity index (χ2v) is 4.86. The summed E-state index contributed by atoms with van der Waals surface area (Å²) >= 11 is 0. The van der Waals surface area contributed by atoms with Gasteiger partial charge in [-0.15, -0.1) is 0 Å². The van der Waals surface area contributed by atoms with Crippen molar-refractivity contribution in [2.75, 3.05) is 0 Å². The Morgan fingerprint density at radius 3 is 2.50 bits per heavy atom. The molecule has 1 aromatic carbocycles. The fraction of sp³-hybridized carbons (Fsp3) is 0.312. The van der Waals surface area contributed by atoms with Crippen LogP contribution in [0, 0.1) is 6.92 Å². The molecule has 0 bridgehead atoms. The third-order valence-electron chi connectivity index (χ3n) is 3.57. The Hall–Kier alpha value is -1.67. The highest BCUT2D eigenvalue weighted by Crippen LogP contribution is 2.28. The SMILES string of the molecule is CCC(N)(Cc1ccccc1)c1cnccc1C. The van der Waals surface area contributed by atoms with Crippen molar-refractivity contribution in [3.05, 3.63) is 65.5 Å². The third kappa shape index (κ3) is 2.59. The first kappa shape index (κ1) is 12.8. The molecule has 2 N–H and O–H groups in total. The molecule has 2 aromatic rings. The van der Waals surface area contributed by atoms with Crippen LogP contribution in [0.15, 0.2) is 48.8 Å². The zero-order valence-electron chi connectivity index (χ0n) is 11.1. The lowest BCUT2D eigenvalue weighted by molar-refractivity contribution is 0.421. The second kappa shape index (κ2) is 5.32. The van der Waals surface area contributed by atoms with Crippen LogP contribution in [-0.2, 0) is 12.0 Å². The van der Waals surface area contributed by atoms with Gasteiger partial charge in [0, 0.05) is 17.9 Å². The topological polar surface area (TPSA) is 38.9 Å². The standard InChI is InChI=1S/C16H20N2/c1-3-16(17,11-14-7-5-4-6-8-14)15-12-18-10-9-13(15)2/h4-10,12H,3,11,17H2,1-2H3. The van der Waals surface area contributed by atoms with Crippen molar-refractivity contribution in [3.63, 3.8) is 0 Å². The van der Waals surface area contributed by atoms with Gasteiger partial charge in [0.25, 0.3) is 0 Å². The van der Waals surface area contributed by atoms with Crippen LogP contribution in [0.3, 0.4) is 0 Å². The van der Waals surface area contributed by atoms with Crippen LogP contribution in [0.1, 0.15) is 30.0 Å². The Kier molecular flexibility index (Phi) is 3.78. The number of pyridine rings is 1. The van der Waals surface area contributed by atoms with Crippen LogP contribution in [-0.4, -0.2) is 4.98 Å². The van der Waals surface area contributed by atoms with Gasteiger partial charge in [-0.3, -0.25) is 4.98 Å². The molecule has 0 fully saturated rings. The highest BCUT2D eigenvalue weighted by Gasteiger charge is 2.27. The maximum absolute atomic E-state index is 6.61. The van der Waals surface area contributed by atoms with E-state index in [-0.39, 0.29) is 5.54 Å². The summed E-state index contributed by atoms with van der Waals surface area (Å²) in [7, 11) is 0. The predicted molar refractivity (Wildman–Crippen MR) is 75.3 cm³/mol. The number of nitrogens with zero attached hydrogens (tertiary/aromatic N) is 1. The average Bonchev–Trinajstić information content (AvgIpc) is 2.40. The molecule has 1 aromatic heterocycles. The third-order valence-corrected chi connectivity index (χ3v) is 3.57. The zero-order chi connectivity index (χ0) is 13.0. The number of hydrogen-bond acceptors (Lipinski definition) is 2. The van der Waals surface area contributed by atoms with Gasteiger partial charge in [-0.05, 0) is 42.5 Å². The molecule has 1 atom stereocenters. The predicted octanol–water partition coefficient (Wildman–Crippen LogP) is 3.20. The number of aromatic nitrogens is 1. The molecule has 1 heterocycles. The highest BCUT2D eigenvalue weighted by molar-refractivity contribution is 5.32. The molecular weight excluding hydrogens is 220 g/mol. The van der Waals surface area contributed by atoms with Crippen LogP contribution in [0.5, 0.6) is 0 Å². The minimum absolute atomic E-state index is 0.334. The van der Waals surface area contributed by atoms with E-state index >= 15 is 0 Å². The Morgan fingerprint density at radius 2 is 1.89 bits per heavy atom. The van der Waals surface area contributed by atoms with E-state index in [2.05, 4.69) is 43.1 Å². The van der Waals surface area contributed by atoms with Crippen molar-refractivity contribution in [1.29, 1.82) is 0 Å². The summed E-state index contributed by atoms with van der Waals surface area (Å²) in [5.74, 6) is 0. The van der Waals surface area contributed by atoms with Gasteiger partial charge >= 0.3 is 0 Å². The van der Waals surface area contributed by atoms with Crippen LogP contribution < -0.4 is 5.73 Å². The molecule has 0 saturated heterocycles. The van der Waals surface area contributed by atoms with Gasteiger partial charge in [-0.2, -0.15) is 0 Å². The van der Waals surface area contributed by atoms with Crippen molar-refractivity contribution in [3.8, 4) is 0 Å². The highest BCUT2D eigenvalue weighted by atomic mass is 14.8. The summed E-state index contributed by atoms with van der Waals surface area (Å²) < 4.78 is 0. The fourth-order valence-corrected chi connectivity index (χ4v) is 2.36. The Labute approximate surface area is 109 Å². The first-order chi connectivity index (χ1) is 8.65. The van der Waals surface area contributed by atoms with Gasteiger partial charge in [0.15, 0.2) is 0 Å². The minimum Gasteiger partial charge on any atom is -0.321 e. The maximum atomic E-state index is 6.61. The quantitative estimate of drug-likeness (QED) is 0.891. The van der Waals surface area contributed by atoms with Crippen LogP contribution in [0.2, 0.25) is 0 Å². The van der Waals surface area contributed by atoms with Crippen molar-refractivity contribution < 1.29 is 0 Å². The van der Waals surface area contributed by atoms with E-state index in [9.17, 15) is 0 Å². The Morgan fingerprint density at radius 1 is 1.17 bits per heavy atom. The van der Waals surface area contributed by atoms with Crippen molar-refractivity contribution in [1.82, 2.24) is 4.98 Å². The van der Waals surface area contributed by atoms with E-state index in [4.69, 9.17) is 5.73 Å². The number of hydrogen-bond donors (Lipinski definition) is 1. The molecule has 0 aliphatic carbocycles. The monoisotopic (exact) mass is 240 g/mol. The summed E-state index contributed by atoms with van der Waals surface area (Å²) in [4.78, 5) is 4.22. The number of nitrogens with two attached hydrogens (primary N) is 1. The van der Waals surface area contributed by atoms with Crippen molar-refractivity contribution >= 4 is 0 Å². The van der Waals surface area contributed by atoms with Crippen molar-refractivity contribution in [2.24, 2.45) is 5.73 Å². The Bertz CT molecular complexity index is 508. The van der Waals surface area contributed by atoms with Gasteiger partial charge in [0.2, 0.25) is 0 Å². The zero-order valence-corrected chi connectivity index (χ0v) is 11.1. The summed E-state index contributed by atoms with van der Waals surface area (Å²) in [5.41, 5.74) is 9.91. The number of rotatable bonds is 4. The van der Waals surface area contributed by atoms with Gasteiger partial charge in [-0.1, -0.05) is 37.3 Å². The first-order valence-electron chi connectivity index (χ1n) is 6.39. The Balaban J connectivity index is 2.34. The van der Waals surface area contributed by atoms with Crippen LogP contribution in [0.25, 0.3) is 0 Å². The van der Waals surface area contributed by atoms with E-state index in [0.29, 0.717) is 0 Å². The molecule has 0 saturated carbocycles. The smallest absolute Gasteiger partial charge is 0.0465 e. The average molecular weight is 240 g/mol. The molecule has 0 radical (unpaired) electrons. The molecule has 0 amide bonds. The lowest BCUT2D eigenvalue weighted by Crippen LogP contribution is -2.39. The molecular formula is C16H20N2. The number of benzene rings is 1. The molecule has 94 valence electrons. The summed E-state index contributed by atoms with van der Waals surface area (Å²) in [6, 6.07) is 12.4. The van der Waals surface area contributed by atoms with Gasteiger partial charge < -0.3 is 5.73 Å². The molecule has 2 nitrogen and oxygen atoms in total. The normalized spacial score (nSPS) is 14.2. The largest absolute Gasteiger partial charge is 0.321 e. The van der Waals surface area contributed by atoms with Crippen LogP contribution >= 0.6 is 0 Å². The summed E-state index contributed by atoms with van der Waals surface area (Å²) in [6.07, 6.45) is 5.46. The van der Waals surface area contributed by atoms with Crippen LogP contribution in [0.4, 0.5) is 0 Å². The minimum atomic E-state index is -0.334. The molecule has 0 aliphatic heterocycles. The molecule has 1 unspecified atom stereocenters. The lowest BCUT2D eigenvalue weighted by Gasteiger charge is -2.30. The van der Waals surface area contributed by atoms with Crippen molar-refractivity contribution in [2.45, 2.75) is 32.2 Å². The number of aryl methyl sites for hydroxylation is 1. The summed E-state index contributed by atoms with van der Waals surface area (Å²) in [6.45, 7) is 4.23. The van der Waals surface area contributed by atoms with E-state index in [1.807, 2.05) is 24.5 Å².